The number of hydrogen-bond acceptors (Lipinski definition) is 3. The van der Waals surface area contributed by atoms with Crippen LogP contribution in [0.25, 0.3) is 0 Å². The van der Waals surface area contributed by atoms with Crippen LogP contribution in [0.15, 0.2) is 23.3 Å². The SMILES string of the molecule is CC(C)=CCCC(C)=CCOC(=O)C(C)C=O. The lowest BCUT2D eigenvalue weighted by atomic mass is 10.1. The number of aldehydes is 1. The molecule has 1 unspecified atom stereocenters. The van der Waals surface area contributed by atoms with E-state index in [0.717, 1.165) is 12.8 Å². The van der Waals surface area contributed by atoms with Crippen LogP contribution < -0.4 is 0 Å². The van der Waals surface area contributed by atoms with Crippen LogP contribution in [-0.4, -0.2) is 18.9 Å². The molecule has 3 nitrogen and oxygen atoms in total. The maximum atomic E-state index is 11.2. The topological polar surface area (TPSA) is 43.4 Å². The van der Waals surface area contributed by atoms with E-state index in [1.54, 1.807) is 0 Å². The summed E-state index contributed by atoms with van der Waals surface area (Å²) in [6, 6.07) is 0. The first-order chi connectivity index (χ1) is 7.97. The van der Waals surface area contributed by atoms with Gasteiger partial charge in [-0.3, -0.25) is 4.79 Å². The van der Waals surface area contributed by atoms with Gasteiger partial charge in [0.2, 0.25) is 0 Å². The molecule has 17 heavy (non-hydrogen) atoms. The highest BCUT2D eigenvalue weighted by molar-refractivity contribution is 5.87. The van der Waals surface area contributed by atoms with Crippen LogP contribution >= 0.6 is 0 Å². The summed E-state index contributed by atoms with van der Waals surface area (Å²) in [5, 5.41) is 0. The van der Waals surface area contributed by atoms with Gasteiger partial charge in [-0.25, -0.2) is 0 Å². The summed E-state index contributed by atoms with van der Waals surface area (Å²) in [6.45, 7) is 7.93. The second kappa shape index (κ2) is 8.74. The van der Waals surface area contributed by atoms with Crippen molar-refractivity contribution in [3.05, 3.63) is 23.3 Å². The second-order valence-electron chi connectivity index (χ2n) is 4.43. The molecule has 0 saturated heterocycles. The minimum atomic E-state index is -0.672. The summed E-state index contributed by atoms with van der Waals surface area (Å²) in [4.78, 5) is 21.5. The molecule has 0 amide bonds. The number of carbonyl (C=O) groups excluding carboxylic acids is 2. The van der Waals surface area contributed by atoms with Gasteiger partial charge < -0.3 is 9.53 Å². The van der Waals surface area contributed by atoms with E-state index in [1.807, 2.05) is 13.0 Å². The van der Waals surface area contributed by atoms with E-state index in [0.29, 0.717) is 6.29 Å². The molecular formula is C14H22O3. The molecule has 0 aliphatic rings. The van der Waals surface area contributed by atoms with Crippen molar-refractivity contribution in [2.45, 2.75) is 40.5 Å². The third-order valence-electron chi connectivity index (χ3n) is 2.32. The van der Waals surface area contributed by atoms with Crippen LogP contribution in [0.5, 0.6) is 0 Å². The predicted molar refractivity (Wildman–Crippen MR) is 68.6 cm³/mol. The molecular weight excluding hydrogens is 216 g/mol. The minimum absolute atomic E-state index is 0.248. The summed E-state index contributed by atoms with van der Waals surface area (Å²) in [6.07, 6.45) is 6.62. The molecule has 0 aliphatic heterocycles. The highest BCUT2D eigenvalue weighted by Crippen LogP contribution is 2.06. The number of carbonyl (C=O) groups is 2. The Morgan fingerprint density at radius 3 is 2.41 bits per heavy atom. The molecule has 0 saturated carbocycles. The van der Waals surface area contributed by atoms with Crippen LogP contribution in [-0.2, 0) is 14.3 Å². The van der Waals surface area contributed by atoms with Crippen molar-refractivity contribution < 1.29 is 14.3 Å². The van der Waals surface area contributed by atoms with Gasteiger partial charge in [0.05, 0.1) is 0 Å². The highest BCUT2D eigenvalue weighted by atomic mass is 16.5. The van der Waals surface area contributed by atoms with Gasteiger partial charge in [-0.2, -0.15) is 0 Å². The second-order valence-corrected chi connectivity index (χ2v) is 4.43. The zero-order valence-corrected chi connectivity index (χ0v) is 11.2. The van der Waals surface area contributed by atoms with Crippen molar-refractivity contribution in [1.82, 2.24) is 0 Å². The van der Waals surface area contributed by atoms with E-state index in [9.17, 15) is 9.59 Å². The number of esters is 1. The maximum absolute atomic E-state index is 11.2. The molecule has 0 aromatic rings. The van der Waals surface area contributed by atoms with E-state index in [1.165, 1.54) is 18.1 Å². The van der Waals surface area contributed by atoms with Crippen molar-refractivity contribution in [1.29, 1.82) is 0 Å². The zero-order valence-electron chi connectivity index (χ0n) is 11.2. The van der Waals surface area contributed by atoms with Crippen molar-refractivity contribution in [2.75, 3.05) is 6.61 Å². The Bertz CT molecular complexity index is 309. The molecule has 0 aliphatic carbocycles. The summed E-state index contributed by atoms with van der Waals surface area (Å²) < 4.78 is 4.93. The third-order valence-corrected chi connectivity index (χ3v) is 2.32. The Morgan fingerprint density at radius 2 is 1.88 bits per heavy atom. The summed E-state index contributed by atoms with van der Waals surface area (Å²) in [7, 11) is 0. The minimum Gasteiger partial charge on any atom is -0.461 e. The lowest BCUT2D eigenvalue weighted by Gasteiger charge is -2.04. The molecule has 0 radical (unpaired) electrons. The maximum Gasteiger partial charge on any atom is 0.316 e. The van der Waals surface area contributed by atoms with Gasteiger partial charge >= 0.3 is 5.97 Å². The molecule has 0 spiro atoms. The molecule has 0 bridgehead atoms. The normalized spacial score (nSPS) is 12.8. The number of ether oxygens (including phenoxy) is 1. The van der Waals surface area contributed by atoms with E-state index in [2.05, 4.69) is 19.9 Å². The Balaban J connectivity index is 3.88. The fraction of sp³-hybridized carbons (Fsp3) is 0.571. The van der Waals surface area contributed by atoms with Gasteiger partial charge in [0.15, 0.2) is 0 Å². The molecule has 96 valence electrons. The first kappa shape index (κ1) is 15.6. The summed E-state index contributed by atoms with van der Waals surface area (Å²) in [5.41, 5.74) is 2.50. The van der Waals surface area contributed by atoms with E-state index >= 15 is 0 Å². The molecule has 1 atom stereocenters. The molecule has 0 aromatic heterocycles. The number of rotatable bonds is 7. The first-order valence-corrected chi connectivity index (χ1v) is 5.88. The molecule has 0 N–H and O–H groups in total. The average molecular weight is 238 g/mol. The third kappa shape index (κ3) is 8.43. The van der Waals surface area contributed by atoms with Gasteiger partial charge in [-0.1, -0.05) is 17.2 Å². The van der Waals surface area contributed by atoms with Crippen LogP contribution in [0.1, 0.15) is 40.5 Å². The zero-order chi connectivity index (χ0) is 13.3. The van der Waals surface area contributed by atoms with E-state index in [-0.39, 0.29) is 6.61 Å². The van der Waals surface area contributed by atoms with Crippen LogP contribution in [0, 0.1) is 5.92 Å². The lowest BCUT2D eigenvalue weighted by Crippen LogP contribution is -2.15. The monoisotopic (exact) mass is 238 g/mol. The van der Waals surface area contributed by atoms with Crippen LogP contribution in [0.3, 0.4) is 0 Å². The Labute approximate surface area is 104 Å². The van der Waals surface area contributed by atoms with Gasteiger partial charge in [0.25, 0.3) is 0 Å². The van der Waals surface area contributed by atoms with E-state index in [4.69, 9.17) is 4.74 Å². The molecule has 0 rings (SSSR count). The number of hydrogen-bond donors (Lipinski definition) is 0. The van der Waals surface area contributed by atoms with E-state index < -0.39 is 11.9 Å². The lowest BCUT2D eigenvalue weighted by molar-refractivity contribution is -0.147. The fourth-order valence-corrected chi connectivity index (χ4v) is 1.14. The quantitative estimate of drug-likeness (QED) is 0.296. The highest BCUT2D eigenvalue weighted by Gasteiger charge is 2.11. The van der Waals surface area contributed by atoms with Crippen molar-refractivity contribution in [3.63, 3.8) is 0 Å². The van der Waals surface area contributed by atoms with Gasteiger partial charge in [-0.15, -0.1) is 0 Å². The predicted octanol–water partition coefficient (Wildman–Crippen LogP) is 3.06. The first-order valence-electron chi connectivity index (χ1n) is 5.88. The molecule has 0 aromatic carbocycles. The van der Waals surface area contributed by atoms with Gasteiger partial charge in [0, 0.05) is 0 Å². The Hall–Kier alpha value is -1.38. The van der Waals surface area contributed by atoms with Crippen molar-refractivity contribution in [3.8, 4) is 0 Å². The number of allylic oxidation sites excluding steroid dienone is 3. The summed E-state index contributed by atoms with van der Waals surface area (Å²) >= 11 is 0. The Morgan fingerprint density at radius 1 is 1.24 bits per heavy atom. The van der Waals surface area contributed by atoms with Crippen LogP contribution in [0.2, 0.25) is 0 Å². The summed E-state index contributed by atoms with van der Waals surface area (Å²) in [5.74, 6) is -1.14. The fourth-order valence-electron chi connectivity index (χ4n) is 1.14. The Kier molecular flexibility index (Phi) is 8.03. The van der Waals surface area contributed by atoms with Gasteiger partial charge in [-0.05, 0) is 46.6 Å². The average Bonchev–Trinajstić information content (AvgIpc) is 2.27. The largest absolute Gasteiger partial charge is 0.461 e. The smallest absolute Gasteiger partial charge is 0.316 e. The molecule has 0 heterocycles. The molecule has 0 fully saturated rings. The van der Waals surface area contributed by atoms with Crippen molar-refractivity contribution >= 4 is 12.3 Å². The molecule has 3 heteroatoms. The van der Waals surface area contributed by atoms with Gasteiger partial charge in [0.1, 0.15) is 18.8 Å². The standard InChI is InChI=1S/C14H22O3/c1-11(2)6-5-7-12(3)8-9-17-14(16)13(4)10-15/h6,8,10,13H,5,7,9H2,1-4H3. The van der Waals surface area contributed by atoms with Crippen LogP contribution in [0.4, 0.5) is 0 Å². The van der Waals surface area contributed by atoms with Crippen molar-refractivity contribution in [2.24, 2.45) is 5.92 Å².